The number of aromatic nitrogens is 1. The van der Waals surface area contributed by atoms with Crippen molar-refractivity contribution in [2.45, 2.75) is 6.92 Å². The second kappa shape index (κ2) is 5.34. The summed E-state index contributed by atoms with van der Waals surface area (Å²) in [7, 11) is 0. The minimum Gasteiger partial charge on any atom is -0.436 e. The van der Waals surface area contributed by atoms with Crippen molar-refractivity contribution in [2.24, 2.45) is 10.9 Å². The molecule has 0 amide bonds. The number of nitrogens with two attached hydrogens (primary N) is 1. The van der Waals surface area contributed by atoms with E-state index in [4.69, 9.17) is 15.7 Å². The first kappa shape index (κ1) is 12.8. The predicted octanol–water partition coefficient (Wildman–Crippen LogP) is 2.42. The molecule has 0 radical (unpaired) electrons. The summed E-state index contributed by atoms with van der Waals surface area (Å²) in [5.41, 5.74) is 6.72. The number of benzene rings is 1. The third kappa shape index (κ3) is 2.98. The van der Waals surface area contributed by atoms with Gasteiger partial charge in [0.05, 0.1) is 0 Å². The molecule has 0 spiro atoms. The Kier molecular flexibility index (Phi) is 3.61. The summed E-state index contributed by atoms with van der Waals surface area (Å²) in [6, 6.07) is 7.63. The van der Waals surface area contributed by atoms with Crippen LogP contribution >= 0.6 is 0 Å². The molecule has 98 valence electrons. The molecule has 0 bridgehead atoms. The number of aryl methyl sites for hydroxylation is 1. The molecule has 0 saturated heterocycles. The van der Waals surface area contributed by atoms with Gasteiger partial charge in [0, 0.05) is 17.8 Å². The number of rotatable bonds is 3. The topological polar surface area (TPSA) is 80.7 Å². The molecule has 1 aromatic carbocycles. The number of pyridine rings is 1. The van der Waals surface area contributed by atoms with Crippen LogP contribution in [0.3, 0.4) is 0 Å². The monoisotopic (exact) mass is 261 g/mol. The fourth-order valence-electron chi connectivity index (χ4n) is 1.45. The van der Waals surface area contributed by atoms with Crippen LogP contribution < -0.4 is 10.5 Å². The van der Waals surface area contributed by atoms with E-state index in [1.165, 1.54) is 18.3 Å². The Labute approximate surface area is 109 Å². The molecule has 0 atom stereocenters. The summed E-state index contributed by atoms with van der Waals surface area (Å²) in [5, 5.41) is 11.4. The first-order valence-electron chi connectivity index (χ1n) is 5.48. The second-order valence-corrected chi connectivity index (χ2v) is 3.91. The molecule has 3 N–H and O–H groups in total. The molecule has 2 aromatic rings. The largest absolute Gasteiger partial charge is 0.436 e. The fourth-order valence-corrected chi connectivity index (χ4v) is 1.45. The van der Waals surface area contributed by atoms with Crippen molar-refractivity contribution in [3.63, 3.8) is 0 Å². The Hall–Kier alpha value is -2.63. The summed E-state index contributed by atoms with van der Waals surface area (Å²) in [5.74, 6) is -0.197. The zero-order chi connectivity index (χ0) is 13.8. The van der Waals surface area contributed by atoms with Gasteiger partial charge in [0.2, 0.25) is 5.88 Å². The van der Waals surface area contributed by atoms with Crippen molar-refractivity contribution in [1.29, 1.82) is 0 Å². The van der Waals surface area contributed by atoms with E-state index in [0.717, 1.165) is 5.56 Å². The molecule has 0 aliphatic carbocycles. The summed E-state index contributed by atoms with van der Waals surface area (Å²) in [6.07, 6.45) is 1.37. The van der Waals surface area contributed by atoms with Crippen molar-refractivity contribution >= 4 is 5.84 Å². The van der Waals surface area contributed by atoms with Crippen LogP contribution in [0.2, 0.25) is 0 Å². The van der Waals surface area contributed by atoms with Crippen molar-refractivity contribution in [2.75, 3.05) is 0 Å². The van der Waals surface area contributed by atoms with Gasteiger partial charge in [-0.05, 0) is 30.7 Å². The molecule has 0 unspecified atom stereocenters. The number of amidine groups is 1. The third-order valence-corrected chi connectivity index (χ3v) is 2.44. The summed E-state index contributed by atoms with van der Waals surface area (Å²) in [4.78, 5) is 3.95. The van der Waals surface area contributed by atoms with Gasteiger partial charge in [0.1, 0.15) is 0 Å². The Balaban J connectivity index is 2.22. The maximum atomic E-state index is 13.5. The van der Waals surface area contributed by atoms with Gasteiger partial charge in [-0.2, -0.15) is 0 Å². The molecular weight excluding hydrogens is 249 g/mol. The number of halogens is 1. The van der Waals surface area contributed by atoms with Gasteiger partial charge in [-0.1, -0.05) is 11.2 Å². The summed E-state index contributed by atoms with van der Waals surface area (Å²) < 4.78 is 18.8. The maximum Gasteiger partial charge on any atom is 0.219 e. The predicted molar refractivity (Wildman–Crippen MR) is 68.0 cm³/mol. The lowest BCUT2D eigenvalue weighted by Crippen LogP contribution is -2.13. The zero-order valence-electron chi connectivity index (χ0n) is 10.2. The van der Waals surface area contributed by atoms with Gasteiger partial charge in [-0.3, -0.25) is 0 Å². The molecule has 6 heteroatoms. The van der Waals surface area contributed by atoms with Crippen LogP contribution in [0.25, 0.3) is 0 Å². The first-order chi connectivity index (χ1) is 9.10. The number of hydrogen-bond acceptors (Lipinski definition) is 4. The highest BCUT2D eigenvalue weighted by molar-refractivity contribution is 5.96. The molecule has 19 heavy (non-hydrogen) atoms. The summed E-state index contributed by atoms with van der Waals surface area (Å²) >= 11 is 0. The Morgan fingerprint density at radius 1 is 1.37 bits per heavy atom. The molecule has 0 aliphatic rings. The number of nitrogens with zero attached hydrogens (tertiary/aromatic N) is 2. The molecule has 2 rings (SSSR count). The van der Waals surface area contributed by atoms with Crippen molar-refractivity contribution in [3.05, 3.63) is 53.5 Å². The maximum absolute atomic E-state index is 13.5. The Morgan fingerprint density at radius 3 is 2.79 bits per heavy atom. The van der Waals surface area contributed by atoms with Gasteiger partial charge in [-0.25, -0.2) is 9.37 Å². The van der Waals surface area contributed by atoms with Crippen LogP contribution in [0.15, 0.2) is 41.7 Å². The minimum absolute atomic E-state index is 0.0548. The van der Waals surface area contributed by atoms with Gasteiger partial charge >= 0.3 is 0 Å². The third-order valence-electron chi connectivity index (χ3n) is 2.44. The molecule has 0 fully saturated rings. The van der Waals surface area contributed by atoms with E-state index < -0.39 is 5.82 Å². The van der Waals surface area contributed by atoms with E-state index in [-0.39, 0.29) is 17.5 Å². The highest BCUT2D eigenvalue weighted by atomic mass is 19.1. The highest BCUT2D eigenvalue weighted by Gasteiger charge is 2.06. The van der Waals surface area contributed by atoms with Gasteiger partial charge in [-0.15, -0.1) is 0 Å². The Bertz CT molecular complexity index is 612. The average Bonchev–Trinajstić information content (AvgIpc) is 2.43. The first-order valence-corrected chi connectivity index (χ1v) is 5.48. The molecular formula is C13H12FN3O2. The van der Waals surface area contributed by atoms with E-state index in [9.17, 15) is 4.39 Å². The van der Waals surface area contributed by atoms with Crippen molar-refractivity contribution in [1.82, 2.24) is 4.98 Å². The number of oxime groups is 1. The van der Waals surface area contributed by atoms with Gasteiger partial charge in [0.15, 0.2) is 17.4 Å². The lowest BCUT2D eigenvalue weighted by Gasteiger charge is -2.07. The van der Waals surface area contributed by atoms with Gasteiger partial charge < -0.3 is 15.7 Å². The van der Waals surface area contributed by atoms with Crippen LogP contribution in [0.5, 0.6) is 11.6 Å². The summed E-state index contributed by atoms with van der Waals surface area (Å²) in [6.45, 7) is 1.83. The lowest BCUT2D eigenvalue weighted by molar-refractivity contribution is 0.318. The SMILES string of the molecule is Cc1ccc(F)c(Oc2ccc(C(N)=NO)cn2)c1. The highest BCUT2D eigenvalue weighted by Crippen LogP contribution is 2.23. The normalized spacial score (nSPS) is 11.4. The van der Waals surface area contributed by atoms with Crippen LogP contribution in [0.1, 0.15) is 11.1 Å². The van der Waals surface area contributed by atoms with Crippen molar-refractivity contribution in [3.8, 4) is 11.6 Å². The number of hydrogen-bond donors (Lipinski definition) is 2. The van der Waals surface area contributed by atoms with E-state index >= 15 is 0 Å². The van der Waals surface area contributed by atoms with E-state index in [0.29, 0.717) is 5.56 Å². The quantitative estimate of drug-likeness (QED) is 0.385. The second-order valence-electron chi connectivity index (χ2n) is 3.91. The average molecular weight is 261 g/mol. The van der Waals surface area contributed by atoms with Crippen molar-refractivity contribution < 1.29 is 14.3 Å². The zero-order valence-corrected chi connectivity index (χ0v) is 10.2. The van der Waals surface area contributed by atoms with Crippen LogP contribution in [-0.4, -0.2) is 16.0 Å². The Morgan fingerprint density at radius 2 is 2.16 bits per heavy atom. The standard InChI is InChI=1S/C13H12FN3O2/c1-8-2-4-10(14)11(6-8)19-12-5-3-9(7-16-12)13(15)17-18/h2-7,18H,1H3,(H2,15,17). The molecule has 1 heterocycles. The smallest absolute Gasteiger partial charge is 0.219 e. The molecule has 0 saturated carbocycles. The van der Waals surface area contributed by atoms with Gasteiger partial charge in [0.25, 0.3) is 0 Å². The van der Waals surface area contributed by atoms with E-state index in [1.54, 1.807) is 18.2 Å². The molecule has 5 nitrogen and oxygen atoms in total. The molecule has 0 aliphatic heterocycles. The van der Waals surface area contributed by atoms with E-state index in [2.05, 4.69) is 10.1 Å². The van der Waals surface area contributed by atoms with Crippen LogP contribution in [0, 0.1) is 12.7 Å². The van der Waals surface area contributed by atoms with E-state index in [1.807, 2.05) is 6.92 Å². The lowest BCUT2D eigenvalue weighted by atomic mass is 10.2. The van der Waals surface area contributed by atoms with Crippen LogP contribution in [-0.2, 0) is 0 Å². The number of ether oxygens (including phenoxy) is 1. The van der Waals surface area contributed by atoms with Crippen LogP contribution in [0.4, 0.5) is 4.39 Å². The minimum atomic E-state index is -0.465. The fraction of sp³-hybridized carbons (Fsp3) is 0.0769. The molecule has 1 aromatic heterocycles.